The van der Waals surface area contributed by atoms with Gasteiger partial charge >= 0.3 is 0 Å². The SMILES string of the molecule is CCc1ccccc1NC(=O)COc1cccc(/C=C2\SC(=S)N(c3ccc(F)cc3)C2=O)c1. The summed E-state index contributed by atoms with van der Waals surface area (Å²) in [6.45, 7) is 1.88. The summed E-state index contributed by atoms with van der Waals surface area (Å²) in [5.74, 6) is -0.417. The molecule has 172 valence electrons. The van der Waals surface area contributed by atoms with Gasteiger partial charge in [0.15, 0.2) is 10.9 Å². The maximum absolute atomic E-state index is 13.2. The minimum atomic E-state index is -0.384. The molecule has 34 heavy (non-hydrogen) atoms. The Kier molecular flexibility index (Phi) is 7.40. The Bertz CT molecular complexity index is 1280. The van der Waals surface area contributed by atoms with E-state index in [-0.39, 0.29) is 24.2 Å². The monoisotopic (exact) mass is 492 g/mol. The standard InChI is InChI=1S/C26H21FN2O3S2/c1-2-18-7-3-4-9-22(18)28-24(30)16-32-21-8-5-6-17(14-21)15-23-25(31)29(26(33)34-23)20-12-10-19(27)11-13-20/h3-15H,2,16H2,1H3,(H,28,30)/b23-15-. The average Bonchev–Trinajstić information content (AvgIpc) is 3.11. The predicted molar refractivity (Wildman–Crippen MR) is 138 cm³/mol. The van der Waals surface area contributed by atoms with Crippen molar-refractivity contribution in [2.75, 3.05) is 16.8 Å². The van der Waals surface area contributed by atoms with Gasteiger partial charge < -0.3 is 10.1 Å². The maximum atomic E-state index is 13.2. The van der Waals surface area contributed by atoms with Gasteiger partial charge in [0.25, 0.3) is 11.8 Å². The van der Waals surface area contributed by atoms with E-state index in [0.29, 0.717) is 20.7 Å². The number of aryl methyl sites for hydroxylation is 1. The molecule has 1 aliphatic heterocycles. The van der Waals surface area contributed by atoms with E-state index in [1.54, 1.807) is 24.3 Å². The van der Waals surface area contributed by atoms with Crippen LogP contribution in [0.25, 0.3) is 6.08 Å². The van der Waals surface area contributed by atoms with Gasteiger partial charge in [0.2, 0.25) is 0 Å². The van der Waals surface area contributed by atoms with Crippen molar-refractivity contribution in [1.29, 1.82) is 0 Å². The molecule has 0 aliphatic carbocycles. The minimum Gasteiger partial charge on any atom is -0.484 e. The molecule has 0 aromatic heterocycles. The first-order valence-corrected chi connectivity index (χ1v) is 11.8. The molecule has 0 saturated carbocycles. The number of nitrogens with one attached hydrogen (secondary N) is 1. The lowest BCUT2D eigenvalue weighted by atomic mass is 10.1. The number of ether oxygens (including phenoxy) is 1. The minimum absolute atomic E-state index is 0.145. The number of hydrogen-bond donors (Lipinski definition) is 1. The quantitative estimate of drug-likeness (QED) is 0.333. The molecule has 0 radical (unpaired) electrons. The molecular weight excluding hydrogens is 471 g/mol. The van der Waals surface area contributed by atoms with E-state index >= 15 is 0 Å². The van der Waals surface area contributed by atoms with Gasteiger partial charge in [-0.15, -0.1) is 0 Å². The molecule has 1 fully saturated rings. The molecular formula is C26H21FN2O3S2. The van der Waals surface area contributed by atoms with Crippen molar-refractivity contribution in [3.05, 3.63) is 94.6 Å². The Morgan fingerprint density at radius 2 is 1.88 bits per heavy atom. The first-order valence-electron chi connectivity index (χ1n) is 10.6. The Labute approximate surface area is 206 Å². The van der Waals surface area contributed by atoms with Gasteiger partial charge in [0.05, 0.1) is 10.6 Å². The van der Waals surface area contributed by atoms with Crippen LogP contribution in [0.4, 0.5) is 15.8 Å². The van der Waals surface area contributed by atoms with Crippen molar-refractivity contribution in [2.45, 2.75) is 13.3 Å². The molecule has 5 nitrogen and oxygen atoms in total. The lowest BCUT2D eigenvalue weighted by molar-refractivity contribution is -0.118. The zero-order valence-corrected chi connectivity index (χ0v) is 19.9. The highest BCUT2D eigenvalue weighted by Crippen LogP contribution is 2.36. The van der Waals surface area contributed by atoms with Crippen molar-refractivity contribution in [2.24, 2.45) is 0 Å². The Morgan fingerprint density at radius 1 is 1.12 bits per heavy atom. The van der Waals surface area contributed by atoms with Crippen LogP contribution in [0.15, 0.2) is 77.7 Å². The Balaban J connectivity index is 1.42. The number of thioether (sulfide) groups is 1. The van der Waals surface area contributed by atoms with Gasteiger partial charge in [0, 0.05) is 5.69 Å². The number of halogens is 1. The molecule has 2 amide bonds. The van der Waals surface area contributed by atoms with Gasteiger partial charge in [-0.2, -0.15) is 0 Å². The summed E-state index contributed by atoms with van der Waals surface area (Å²) in [7, 11) is 0. The van der Waals surface area contributed by atoms with Gasteiger partial charge in [-0.3, -0.25) is 14.5 Å². The van der Waals surface area contributed by atoms with Crippen molar-refractivity contribution in [1.82, 2.24) is 0 Å². The van der Waals surface area contributed by atoms with E-state index < -0.39 is 0 Å². The van der Waals surface area contributed by atoms with Crippen LogP contribution in [-0.2, 0) is 16.0 Å². The Morgan fingerprint density at radius 3 is 2.65 bits per heavy atom. The molecule has 3 aromatic rings. The number of para-hydroxylation sites is 1. The number of thiocarbonyl (C=S) groups is 1. The average molecular weight is 493 g/mol. The molecule has 1 saturated heterocycles. The van der Waals surface area contributed by atoms with Gasteiger partial charge in [-0.25, -0.2) is 4.39 Å². The summed E-state index contributed by atoms with van der Waals surface area (Å²) in [4.78, 5) is 27.1. The number of carbonyl (C=O) groups excluding carboxylic acids is 2. The largest absolute Gasteiger partial charge is 0.484 e. The third-order valence-corrected chi connectivity index (χ3v) is 6.38. The van der Waals surface area contributed by atoms with Crippen LogP contribution >= 0.6 is 24.0 Å². The maximum Gasteiger partial charge on any atom is 0.270 e. The third kappa shape index (κ3) is 5.52. The summed E-state index contributed by atoms with van der Waals surface area (Å²) in [6.07, 6.45) is 2.53. The van der Waals surface area contributed by atoms with Crippen molar-refractivity contribution in [3.8, 4) is 5.75 Å². The highest BCUT2D eigenvalue weighted by molar-refractivity contribution is 8.27. The number of rotatable bonds is 7. The highest BCUT2D eigenvalue weighted by atomic mass is 32.2. The summed E-state index contributed by atoms with van der Waals surface area (Å²) < 4.78 is 19.3. The second-order valence-corrected chi connectivity index (χ2v) is 9.09. The molecule has 0 atom stereocenters. The fourth-order valence-corrected chi connectivity index (χ4v) is 4.71. The van der Waals surface area contributed by atoms with E-state index in [1.165, 1.54) is 40.9 Å². The topological polar surface area (TPSA) is 58.6 Å². The molecule has 1 N–H and O–H groups in total. The lowest BCUT2D eigenvalue weighted by Gasteiger charge is -2.14. The second-order valence-electron chi connectivity index (χ2n) is 7.41. The summed E-state index contributed by atoms with van der Waals surface area (Å²) in [5, 5.41) is 2.87. The second kappa shape index (κ2) is 10.6. The zero-order chi connectivity index (χ0) is 24.1. The van der Waals surface area contributed by atoms with Crippen LogP contribution in [0.5, 0.6) is 5.75 Å². The molecule has 3 aromatic carbocycles. The highest BCUT2D eigenvalue weighted by Gasteiger charge is 2.33. The number of benzene rings is 3. The number of anilines is 2. The van der Waals surface area contributed by atoms with Gasteiger partial charge in [-0.05, 0) is 66.1 Å². The van der Waals surface area contributed by atoms with E-state index in [2.05, 4.69) is 5.32 Å². The molecule has 0 unspecified atom stereocenters. The fraction of sp³-hybridized carbons (Fsp3) is 0.115. The van der Waals surface area contributed by atoms with E-state index in [1.807, 2.05) is 37.3 Å². The predicted octanol–water partition coefficient (Wildman–Crippen LogP) is 5.81. The number of nitrogens with zero attached hydrogens (tertiary/aromatic N) is 1. The van der Waals surface area contributed by atoms with E-state index in [0.717, 1.165) is 23.2 Å². The van der Waals surface area contributed by atoms with Crippen LogP contribution < -0.4 is 15.0 Å². The molecule has 0 spiro atoms. The third-order valence-electron chi connectivity index (χ3n) is 5.08. The van der Waals surface area contributed by atoms with Crippen LogP contribution in [0.1, 0.15) is 18.1 Å². The van der Waals surface area contributed by atoms with Crippen molar-refractivity contribution >= 4 is 57.6 Å². The molecule has 1 aliphatic rings. The van der Waals surface area contributed by atoms with E-state index in [9.17, 15) is 14.0 Å². The smallest absolute Gasteiger partial charge is 0.270 e. The van der Waals surface area contributed by atoms with E-state index in [4.69, 9.17) is 17.0 Å². The van der Waals surface area contributed by atoms with Crippen LogP contribution in [0.2, 0.25) is 0 Å². The number of amides is 2. The summed E-state index contributed by atoms with van der Waals surface area (Å²) in [6, 6.07) is 20.3. The fourth-order valence-electron chi connectivity index (χ4n) is 3.41. The first-order chi connectivity index (χ1) is 16.4. The van der Waals surface area contributed by atoms with Gasteiger partial charge in [0.1, 0.15) is 11.6 Å². The Hall–Kier alpha value is -3.49. The van der Waals surface area contributed by atoms with Crippen molar-refractivity contribution < 1.29 is 18.7 Å². The number of hydrogen-bond acceptors (Lipinski definition) is 5. The zero-order valence-electron chi connectivity index (χ0n) is 18.3. The van der Waals surface area contributed by atoms with Crippen LogP contribution in [0.3, 0.4) is 0 Å². The van der Waals surface area contributed by atoms with Crippen molar-refractivity contribution in [3.63, 3.8) is 0 Å². The normalized spacial score (nSPS) is 14.5. The van der Waals surface area contributed by atoms with Crippen LogP contribution in [-0.4, -0.2) is 22.7 Å². The summed E-state index contributed by atoms with van der Waals surface area (Å²) >= 11 is 6.53. The van der Waals surface area contributed by atoms with Gasteiger partial charge in [-0.1, -0.05) is 61.2 Å². The summed E-state index contributed by atoms with van der Waals surface area (Å²) in [5.41, 5.74) is 3.07. The molecule has 8 heteroatoms. The van der Waals surface area contributed by atoms with Crippen LogP contribution in [0, 0.1) is 5.82 Å². The molecule has 1 heterocycles. The lowest BCUT2D eigenvalue weighted by Crippen LogP contribution is -2.27. The molecule has 0 bridgehead atoms. The molecule has 4 rings (SSSR count). The first kappa shape index (κ1) is 23.7. The number of carbonyl (C=O) groups is 2.